The molecule has 2 aromatic rings. The van der Waals surface area contributed by atoms with E-state index in [4.69, 9.17) is 0 Å². The van der Waals surface area contributed by atoms with E-state index in [1.165, 1.54) is 12.1 Å². The second-order valence-corrected chi connectivity index (χ2v) is 9.25. The quantitative estimate of drug-likeness (QED) is 0.552. The van der Waals surface area contributed by atoms with Gasteiger partial charge in [-0.2, -0.15) is 0 Å². The third-order valence-corrected chi connectivity index (χ3v) is 7.12. The Balaban J connectivity index is 1.78. The highest BCUT2D eigenvalue weighted by atomic mass is 32.1. The van der Waals surface area contributed by atoms with Gasteiger partial charge in [0.15, 0.2) is 0 Å². The molecule has 0 spiro atoms. The molecule has 1 fully saturated rings. The highest BCUT2D eigenvalue weighted by molar-refractivity contribution is 7.10. The lowest BCUT2D eigenvalue weighted by molar-refractivity contribution is -0.147. The second kappa shape index (κ2) is 10.2. The number of nitrogens with zero attached hydrogens (tertiary/aromatic N) is 2. The molecule has 0 saturated heterocycles. The molecule has 1 heterocycles. The van der Waals surface area contributed by atoms with Gasteiger partial charge in [-0.15, -0.1) is 11.3 Å². The predicted molar refractivity (Wildman–Crippen MR) is 119 cm³/mol. The second-order valence-electron chi connectivity index (χ2n) is 8.25. The zero-order chi connectivity index (χ0) is 21.7. The molecule has 0 unspecified atom stereocenters. The van der Waals surface area contributed by atoms with E-state index in [1.807, 2.05) is 32.2 Å². The molecule has 1 atom stereocenters. The van der Waals surface area contributed by atoms with Crippen LogP contribution < -0.4 is 0 Å². The summed E-state index contributed by atoms with van der Waals surface area (Å²) in [6.45, 7) is 7.07. The molecule has 0 radical (unpaired) electrons. The summed E-state index contributed by atoms with van der Waals surface area (Å²) in [5, 5.41) is 2.02. The first kappa shape index (κ1) is 22.5. The minimum absolute atomic E-state index is 0.0261. The van der Waals surface area contributed by atoms with Crippen LogP contribution in [0.3, 0.4) is 0 Å². The van der Waals surface area contributed by atoms with Gasteiger partial charge in [-0.3, -0.25) is 9.59 Å². The van der Waals surface area contributed by atoms with Crippen molar-refractivity contribution >= 4 is 23.2 Å². The molecule has 6 heteroatoms. The molecule has 4 nitrogen and oxygen atoms in total. The van der Waals surface area contributed by atoms with Crippen LogP contribution in [0.5, 0.6) is 0 Å². The number of hydrogen-bond donors (Lipinski definition) is 0. The largest absolute Gasteiger partial charge is 0.332 e. The van der Waals surface area contributed by atoms with Gasteiger partial charge in [0.1, 0.15) is 12.4 Å². The van der Waals surface area contributed by atoms with Crippen molar-refractivity contribution in [2.45, 2.75) is 65.6 Å². The number of aryl methyl sites for hydroxylation is 1. The summed E-state index contributed by atoms with van der Waals surface area (Å²) < 4.78 is 13.3. The van der Waals surface area contributed by atoms with Crippen molar-refractivity contribution < 1.29 is 14.0 Å². The summed E-state index contributed by atoms with van der Waals surface area (Å²) in [5.41, 5.74) is 2.03. The highest BCUT2D eigenvalue weighted by Crippen LogP contribution is 2.29. The summed E-state index contributed by atoms with van der Waals surface area (Å²) in [5.74, 6) is -0.185. The Bertz CT molecular complexity index is 860. The minimum Gasteiger partial charge on any atom is -0.332 e. The number of halogens is 1. The molecule has 30 heavy (non-hydrogen) atoms. The number of rotatable bonds is 9. The number of amides is 2. The zero-order valence-electron chi connectivity index (χ0n) is 18.1. The Morgan fingerprint density at radius 2 is 1.87 bits per heavy atom. The summed E-state index contributed by atoms with van der Waals surface area (Å²) in [6, 6.07) is 8.33. The van der Waals surface area contributed by atoms with Crippen LogP contribution in [0.25, 0.3) is 0 Å². The van der Waals surface area contributed by atoms with Crippen molar-refractivity contribution in [1.29, 1.82) is 0 Å². The molecular formula is C24H31FN2O2S. The average Bonchev–Trinajstić information content (AvgIpc) is 3.09. The van der Waals surface area contributed by atoms with Gasteiger partial charge >= 0.3 is 0 Å². The fourth-order valence-electron chi connectivity index (χ4n) is 3.59. The number of hydrogen-bond acceptors (Lipinski definition) is 3. The van der Waals surface area contributed by atoms with E-state index in [9.17, 15) is 14.0 Å². The molecule has 1 aliphatic rings. The smallest absolute Gasteiger partial charge is 0.242 e. The minimum atomic E-state index is -0.292. The normalized spacial score (nSPS) is 14.8. The number of carbonyl (C=O) groups excluding carboxylic acids is 2. The number of thiophene rings is 1. The molecule has 0 bridgehead atoms. The maximum absolute atomic E-state index is 13.4. The molecule has 2 amide bonds. The van der Waals surface area contributed by atoms with E-state index >= 15 is 0 Å². The highest BCUT2D eigenvalue weighted by Gasteiger charge is 2.33. The first-order chi connectivity index (χ1) is 14.4. The van der Waals surface area contributed by atoms with Crippen molar-refractivity contribution in [2.75, 3.05) is 6.54 Å². The van der Waals surface area contributed by atoms with Gasteiger partial charge in [-0.25, -0.2) is 4.39 Å². The van der Waals surface area contributed by atoms with E-state index < -0.39 is 0 Å². The summed E-state index contributed by atoms with van der Waals surface area (Å²) in [4.78, 5) is 31.0. The van der Waals surface area contributed by atoms with Crippen molar-refractivity contribution in [1.82, 2.24) is 9.80 Å². The van der Waals surface area contributed by atoms with Gasteiger partial charge in [0, 0.05) is 23.4 Å². The van der Waals surface area contributed by atoms with E-state index in [1.54, 1.807) is 33.3 Å². The maximum Gasteiger partial charge on any atom is 0.242 e. The summed E-state index contributed by atoms with van der Waals surface area (Å²) in [7, 11) is 0. The lowest BCUT2D eigenvalue weighted by Gasteiger charge is -2.36. The van der Waals surface area contributed by atoms with Crippen molar-refractivity contribution in [3.63, 3.8) is 0 Å². The van der Waals surface area contributed by atoms with Crippen molar-refractivity contribution in [3.8, 4) is 0 Å². The van der Waals surface area contributed by atoms with Crippen molar-refractivity contribution in [3.05, 3.63) is 57.5 Å². The number of carbonyl (C=O) groups is 2. The Hall–Kier alpha value is -2.21. The Labute approximate surface area is 182 Å². The summed E-state index contributed by atoms with van der Waals surface area (Å²) >= 11 is 1.63. The molecular weight excluding hydrogens is 399 g/mol. The van der Waals surface area contributed by atoms with E-state index in [0.29, 0.717) is 13.1 Å². The van der Waals surface area contributed by atoms with Crippen LogP contribution in [0.1, 0.15) is 55.5 Å². The monoisotopic (exact) mass is 430 g/mol. The van der Waals surface area contributed by atoms with E-state index in [-0.39, 0.29) is 36.1 Å². The molecule has 0 aliphatic heterocycles. The van der Waals surface area contributed by atoms with Gasteiger partial charge in [-0.05, 0) is 67.8 Å². The Kier molecular flexibility index (Phi) is 7.64. The van der Waals surface area contributed by atoms with Crippen LogP contribution >= 0.6 is 11.3 Å². The topological polar surface area (TPSA) is 40.6 Å². The third kappa shape index (κ3) is 5.48. The summed E-state index contributed by atoms with van der Waals surface area (Å²) in [6.07, 6.45) is 3.75. The van der Waals surface area contributed by atoms with E-state index in [2.05, 4.69) is 0 Å². The molecule has 1 aliphatic carbocycles. The van der Waals surface area contributed by atoms with Crippen LogP contribution in [0.15, 0.2) is 35.7 Å². The van der Waals surface area contributed by atoms with Crippen LogP contribution in [0, 0.1) is 18.7 Å². The standard InChI is InChI=1S/C24H31FN2O2S/c1-4-18(3)27(24(29)20-6-5-7-20)16-23(28)26(15-22-17(2)12-13-30-22)14-19-8-10-21(25)11-9-19/h8-13,18,20H,4-7,14-16H2,1-3H3/t18-/m0/s1. The third-order valence-electron chi connectivity index (χ3n) is 6.11. The van der Waals surface area contributed by atoms with Crippen LogP contribution in [-0.4, -0.2) is 34.2 Å². The van der Waals surface area contributed by atoms with Crippen LogP contribution in [0.4, 0.5) is 4.39 Å². The Morgan fingerprint density at radius 3 is 2.40 bits per heavy atom. The van der Waals surface area contributed by atoms with Crippen LogP contribution in [0.2, 0.25) is 0 Å². The van der Waals surface area contributed by atoms with Gasteiger partial charge < -0.3 is 9.80 Å². The first-order valence-electron chi connectivity index (χ1n) is 10.7. The number of benzene rings is 1. The van der Waals surface area contributed by atoms with Gasteiger partial charge in [0.25, 0.3) is 0 Å². The lowest BCUT2D eigenvalue weighted by Crippen LogP contribution is -2.49. The van der Waals surface area contributed by atoms with Gasteiger partial charge in [0.05, 0.1) is 6.54 Å². The fourth-order valence-corrected chi connectivity index (χ4v) is 4.51. The predicted octanol–water partition coefficient (Wildman–Crippen LogP) is 5.15. The molecule has 0 N–H and O–H groups in total. The van der Waals surface area contributed by atoms with Crippen LogP contribution in [-0.2, 0) is 22.7 Å². The lowest BCUT2D eigenvalue weighted by atomic mass is 9.84. The molecule has 1 aromatic carbocycles. The molecule has 3 rings (SSSR count). The van der Waals surface area contributed by atoms with Gasteiger partial charge in [-0.1, -0.05) is 25.5 Å². The van der Waals surface area contributed by atoms with Gasteiger partial charge in [0.2, 0.25) is 11.8 Å². The average molecular weight is 431 g/mol. The fraction of sp³-hybridized carbons (Fsp3) is 0.500. The van der Waals surface area contributed by atoms with E-state index in [0.717, 1.165) is 41.7 Å². The van der Waals surface area contributed by atoms with Crippen molar-refractivity contribution in [2.24, 2.45) is 5.92 Å². The SMILES string of the molecule is CC[C@H](C)N(CC(=O)N(Cc1ccc(F)cc1)Cc1sccc1C)C(=O)C1CCC1. The molecule has 162 valence electrons. The zero-order valence-corrected chi connectivity index (χ0v) is 18.9. The Morgan fingerprint density at radius 1 is 1.17 bits per heavy atom. The maximum atomic E-state index is 13.4. The molecule has 1 aromatic heterocycles. The molecule has 1 saturated carbocycles. The first-order valence-corrected chi connectivity index (χ1v) is 11.6.